The Balaban J connectivity index is 2.11. The smallest absolute Gasteiger partial charge is 0.416 e. The number of benzene rings is 4. The van der Waals surface area contributed by atoms with E-state index in [9.17, 15) is 67.6 Å². The van der Waals surface area contributed by atoms with E-state index >= 15 is 0 Å². The van der Waals surface area contributed by atoms with Gasteiger partial charge in [-0.3, -0.25) is 20.2 Å². The second-order valence-corrected chi connectivity index (χ2v) is 9.25. The van der Waals surface area contributed by atoms with Gasteiger partial charge in [0.25, 0.3) is 11.4 Å². The summed E-state index contributed by atoms with van der Waals surface area (Å²) in [6.45, 7) is 0. The maximum Gasteiger partial charge on any atom is 0.416 e. The number of nitrogens with zero attached hydrogens (tertiary/aromatic N) is 6. The number of hydrogen-bond donors (Lipinski definition) is 0. The monoisotopic (exact) mass is 648 g/mol. The van der Waals surface area contributed by atoms with Crippen LogP contribution in [0.2, 0.25) is 0 Å². The van der Waals surface area contributed by atoms with Crippen molar-refractivity contribution in [3.63, 3.8) is 0 Å². The van der Waals surface area contributed by atoms with E-state index in [0.717, 1.165) is 36.4 Å². The van der Waals surface area contributed by atoms with Gasteiger partial charge in [0.1, 0.15) is 34.8 Å². The zero-order chi connectivity index (χ0) is 34.8. The van der Waals surface area contributed by atoms with E-state index in [4.69, 9.17) is 4.74 Å². The highest BCUT2D eigenvalue weighted by atomic mass is 19.4. The summed E-state index contributed by atoms with van der Waals surface area (Å²) in [4.78, 5) is 21.5. The standard InChI is InChI=1S/C30H10F6N6O5/c31-29(32,33)17-1-3-19(15(9-17)11-37)27-21(13-39)23(41(43)44)5-7-25(27)47-26-8-6-24(42(45)46)22(14-40)28(26)20-4-2-18(30(34,35)36)10-16(20)12-38/h1-10H. The molecule has 0 bridgehead atoms. The molecule has 11 nitrogen and oxygen atoms in total. The van der Waals surface area contributed by atoms with E-state index in [1.807, 2.05) is 0 Å². The van der Waals surface area contributed by atoms with Crippen LogP contribution in [0.1, 0.15) is 33.4 Å². The van der Waals surface area contributed by atoms with Gasteiger partial charge in [0.2, 0.25) is 0 Å². The largest absolute Gasteiger partial charge is 0.456 e. The molecule has 17 heteroatoms. The molecule has 0 aliphatic heterocycles. The number of nitro benzene ring substituents is 2. The van der Waals surface area contributed by atoms with Gasteiger partial charge in [0.05, 0.1) is 55.4 Å². The average Bonchev–Trinajstić information content (AvgIpc) is 3.02. The van der Waals surface area contributed by atoms with Gasteiger partial charge in [-0.2, -0.15) is 47.4 Å². The van der Waals surface area contributed by atoms with Crippen LogP contribution in [-0.2, 0) is 12.4 Å². The summed E-state index contributed by atoms with van der Waals surface area (Å²) in [7, 11) is 0. The van der Waals surface area contributed by atoms with E-state index in [-0.39, 0.29) is 0 Å². The van der Waals surface area contributed by atoms with Crippen LogP contribution in [0.5, 0.6) is 11.5 Å². The Kier molecular flexibility index (Phi) is 8.54. The molecular formula is C30H10F6N6O5. The van der Waals surface area contributed by atoms with Crippen molar-refractivity contribution < 1.29 is 40.9 Å². The molecule has 4 rings (SSSR count). The van der Waals surface area contributed by atoms with Crippen molar-refractivity contribution in [3.05, 3.63) is 114 Å². The molecule has 232 valence electrons. The highest BCUT2D eigenvalue weighted by molar-refractivity contribution is 5.87. The lowest BCUT2D eigenvalue weighted by Crippen LogP contribution is -2.07. The third-order valence-electron chi connectivity index (χ3n) is 6.60. The lowest BCUT2D eigenvalue weighted by molar-refractivity contribution is -0.385. The zero-order valence-corrected chi connectivity index (χ0v) is 22.8. The number of rotatable bonds is 6. The van der Waals surface area contributed by atoms with Gasteiger partial charge in [0.15, 0.2) is 0 Å². The predicted octanol–water partition coefficient (Wildman–Crippen LogP) is 8.15. The van der Waals surface area contributed by atoms with Crippen LogP contribution in [0.15, 0.2) is 60.7 Å². The molecule has 0 radical (unpaired) electrons. The third kappa shape index (κ3) is 6.18. The van der Waals surface area contributed by atoms with Crippen molar-refractivity contribution in [2.75, 3.05) is 0 Å². The third-order valence-corrected chi connectivity index (χ3v) is 6.60. The minimum atomic E-state index is -4.91. The number of ether oxygens (including phenoxy) is 1. The first-order valence-corrected chi connectivity index (χ1v) is 12.4. The molecular weight excluding hydrogens is 638 g/mol. The molecule has 47 heavy (non-hydrogen) atoms. The van der Waals surface area contributed by atoms with Crippen LogP contribution in [0.4, 0.5) is 37.7 Å². The summed E-state index contributed by atoms with van der Waals surface area (Å²) in [5, 5.41) is 62.7. The molecule has 0 saturated heterocycles. The maximum absolute atomic E-state index is 13.4. The molecule has 0 heterocycles. The Morgan fingerprint density at radius 2 is 0.936 bits per heavy atom. The van der Waals surface area contributed by atoms with Gasteiger partial charge in [-0.25, -0.2) is 0 Å². The van der Waals surface area contributed by atoms with Crippen molar-refractivity contribution in [2.45, 2.75) is 12.4 Å². The molecule has 0 saturated carbocycles. The lowest BCUT2D eigenvalue weighted by Gasteiger charge is -2.18. The van der Waals surface area contributed by atoms with Crippen molar-refractivity contribution in [2.24, 2.45) is 0 Å². The van der Waals surface area contributed by atoms with Crippen molar-refractivity contribution in [1.29, 1.82) is 21.0 Å². The second kappa shape index (κ2) is 12.2. The Morgan fingerprint density at radius 1 is 0.574 bits per heavy atom. The molecule has 0 aliphatic rings. The molecule has 0 spiro atoms. The first-order valence-electron chi connectivity index (χ1n) is 12.4. The fourth-order valence-electron chi connectivity index (χ4n) is 4.56. The van der Waals surface area contributed by atoms with E-state index in [1.54, 1.807) is 12.1 Å². The molecule has 0 fully saturated rings. The van der Waals surface area contributed by atoms with Gasteiger partial charge >= 0.3 is 12.4 Å². The topological polar surface area (TPSA) is 191 Å². The summed E-state index contributed by atoms with van der Waals surface area (Å²) in [6.07, 6.45) is -9.82. The predicted molar refractivity (Wildman–Crippen MR) is 146 cm³/mol. The van der Waals surface area contributed by atoms with Crippen LogP contribution < -0.4 is 4.74 Å². The lowest BCUT2D eigenvalue weighted by atomic mass is 9.92. The van der Waals surface area contributed by atoms with Gasteiger partial charge in [0, 0.05) is 23.3 Å². The van der Waals surface area contributed by atoms with Crippen molar-refractivity contribution >= 4 is 11.4 Å². The Bertz CT molecular complexity index is 2020. The zero-order valence-electron chi connectivity index (χ0n) is 22.8. The average molecular weight is 648 g/mol. The van der Waals surface area contributed by atoms with Crippen LogP contribution in [-0.4, -0.2) is 9.85 Å². The molecule has 0 unspecified atom stereocenters. The first kappa shape index (κ1) is 32.9. The quantitative estimate of drug-likeness (QED) is 0.113. The summed E-state index contributed by atoms with van der Waals surface area (Å²) in [6, 6.07) is 12.9. The fraction of sp³-hybridized carbons (Fsp3) is 0.0667. The summed E-state index contributed by atoms with van der Waals surface area (Å²) in [5.74, 6) is -1.10. The highest BCUT2D eigenvalue weighted by Crippen LogP contribution is 2.47. The number of halogens is 6. The van der Waals surface area contributed by atoms with Crippen LogP contribution in [0.25, 0.3) is 22.3 Å². The minimum Gasteiger partial charge on any atom is -0.456 e. The maximum atomic E-state index is 13.4. The molecule has 0 aromatic heterocycles. The Labute approximate surface area is 258 Å². The molecule has 0 aliphatic carbocycles. The minimum absolute atomic E-state index is 0.422. The first-order chi connectivity index (χ1) is 22.1. The summed E-state index contributed by atoms with van der Waals surface area (Å²) in [5.41, 5.74) is -9.21. The Hall–Kier alpha value is -6.98. The van der Waals surface area contributed by atoms with E-state index in [0.29, 0.717) is 24.3 Å². The van der Waals surface area contributed by atoms with Crippen molar-refractivity contribution in [1.82, 2.24) is 0 Å². The number of hydrogen-bond acceptors (Lipinski definition) is 9. The number of nitriles is 4. The van der Waals surface area contributed by atoms with Crippen LogP contribution in [0, 0.1) is 65.6 Å². The molecule has 4 aromatic rings. The molecule has 0 N–H and O–H groups in total. The van der Waals surface area contributed by atoms with E-state index < -0.39 is 101 Å². The normalized spacial score (nSPS) is 11.0. The van der Waals surface area contributed by atoms with E-state index in [1.165, 1.54) is 12.1 Å². The van der Waals surface area contributed by atoms with Gasteiger partial charge in [-0.1, -0.05) is 12.1 Å². The van der Waals surface area contributed by atoms with Gasteiger partial charge < -0.3 is 4.74 Å². The second-order valence-electron chi connectivity index (χ2n) is 9.25. The van der Waals surface area contributed by atoms with E-state index in [2.05, 4.69) is 0 Å². The number of nitro groups is 2. The van der Waals surface area contributed by atoms with Gasteiger partial charge in [-0.05, 0) is 36.4 Å². The molecule has 0 amide bonds. The Morgan fingerprint density at radius 3 is 1.21 bits per heavy atom. The number of alkyl halides is 6. The van der Waals surface area contributed by atoms with Crippen LogP contribution >= 0.6 is 0 Å². The molecule has 4 aromatic carbocycles. The van der Waals surface area contributed by atoms with Crippen LogP contribution in [0.3, 0.4) is 0 Å². The SMILES string of the molecule is N#Cc1cc(C(F)(F)F)ccc1-c1c(Oc2ccc([N+](=O)[O-])c(C#N)c2-c2ccc(C(F)(F)F)cc2C#N)ccc([N+](=O)[O-])c1C#N. The van der Waals surface area contributed by atoms with Gasteiger partial charge in [-0.15, -0.1) is 0 Å². The molecule has 0 atom stereocenters. The summed E-state index contributed by atoms with van der Waals surface area (Å²) < 4.78 is 86.3. The fourth-order valence-corrected chi connectivity index (χ4v) is 4.56. The van der Waals surface area contributed by atoms with Crippen molar-refractivity contribution in [3.8, 4) is 58.0 Å². The summed E-state index contributed by atoms with van der Waals surface area (Å²) >= 11 is 0. The highest BCUT2D eigenvalue weighted by Gasteiger charge is 2.34.